The van der Waals surface area contributed by atoms with Crippen LogP contribution >= 0.6 is 0 Å². The Balaban J connectivity index is 2.26. The summed E-state index contributed by atoms with van der Waals surface area (Å²) in [5.41, 5.74) is 0. The van der Waals surface area contributed by atoms with Gasteiger partial charge in [-0.05, 0) is 39.7 Å². The lowest BCUT2D eigenvalue weighted by Gasteiger charge is -2.28. The minimum Gasteiger partial charge on any atom is -0.438 e. The highest BCUT2D eigenvalue weighted by Crippen LogP contribution is 2.22. The van der Waals surface area contributed by atoms with Crippen LogP contribution in [0.25, 0.3) is 0 Å². The third kappa shape index (κ3) is 4.81. The van der Waals surface area contributed by atoms with Crippen molar-refractivity contribution in [2.75, 3.05) is 45.7 Å². The van der Waals surface area contributed by atoms with E-state index in [4.69, 9.17) is 4.42 Å². The van der Waals surface area contributed by atoms with Gasteiger partial charge in [0.1, 0.15) is 0 Å². The molecule has 1 N–H and O–H groups in total. The third-order valence-corrected chi connectivity index (χ3v) is 7.06. The summed E-state index contributed by atoms with van der Waals surface area (Å²) < 4.78 is 54.3. The van der Waals surface area contributed by atoms with Gasteiger partial charge < -0.3 is 14.2 Å². The molecule has 0 radical (unpaired) electrons. The Morgan fingerprint density at radius 2 is 2.00 bits per heavy atom. The molecule has 0 saturated carbocycles. The lowest BCUT2D eigenvalue weighted by atomic mass is 10.2. The van der Waals surface area contributed by atoms with Crippen molar-refractivity contribution >= 4 is 25.8 Å². The molecular weight excluding hydrogens is 370 g/mol. The van der Waals surface area contributed by atoms with E-state index in [-0.39, 0.29) is 22.4 Å². The monoisotopic (exact) mass is 393 g/mol. The predicted octanol–water partition coefficient (Wildman–Crippen LogP) is -0.621. The first-order valence-electron chi connectivity index (χ1n) is 7.75. The molecule has 1 saturated heterocycles. The molecule has 1 fully saturated rings. The largest absolute Gasteiger partial charge is 0.438 e. The second-order valence-electron chi connectivity index (χ2n) is 6.18. The summed E-state index contributed by atoms with van der Waals surface area (Å²) in [5, 5.41) is -0.357. The Kier molecular flexibility index (Phi) is 5.92. The quantitative estimate of drug-likeness (QED) is 0.656. The molecule has 0 bridgehead atoms. The number of sulfone groups is 1. The maximum absolute atomic E-state index is 12.8. The summed E-state index contributed by atoms with van der Waals surface area (Å²) >= 11 is 0. The molecule has 1 atom stereocenters. The predicted molar refractivity (Wildman–Crippen MR) is 91.6 cm³/mol. The van der Waals surface area contributed by atoms with Crippen LogP contribution in [0.2, 0.25) is 0 Å². The zero-order valence-corrected chi connectivity index (χ0v) is 16.1. The number of amides is 1. The summed E-state index contributed by atoms with van der Waals surface area (Å²) in [6.45, 7) is 0.867. The first-order valence-corrected chi connectivity index (χ1v) is 11.1. The SMILES string of the molecule is CNS(=O)(=O)c1ccc(C(=O)N(CCN(C)C)C2CCS(=O)(=O)C2)o1. The molecule has 2 heterocycles. The van der Waals surface area contributed by atoms with Crippen molar-refractivity contribution in [2.24, 2.45) is 0 Å². The number of rotatable bonds is 7. The molecule has 1 aromatic heterocycles. The Bertz CT molecular complexity index is 829. The van der Waals surface area contributed by atoms with Gasteiger partial charge in [0.2, 0.25) is 5.09 Å². The van der Waals surface area contributed by atoms with Crippen LogP contribution in [-0.2, 0) is 19.9 Å². The molecular formula is C14H23N3O6S2. The minimum atomic E-state index is -3.79. The van der Waals surface area contributed by atoms with Crippen molar-refractivity contribution in [3.8, 4) is 0 Å². The van der Waals surface area contributed by atoms with Gasteiger partial charge in [-0.1, -0.05) is 0 Å². The first-order chi connectivity index (χ1) is 11.6. The zero-order valence-electron chi connectivity index (χ0n) is 14.4. The van der Waals surface area contributed by atoms with Crippen LogP contribution in [0.1, 0.15) is 17.0 Å². The van der Waals surface area contributed by atoms with Crippen LogP contribution in [0.5, 0.6) is 0 Å². The van der Waals surface area contributed by atoms with Gasteiger partial charge in [-0.15, -0.1) is 0 Å². The van der Waals surface area contributed by atoms with E-state index in [0.29, 0.717) is 19.5 Å². The molecule has 1 amide bonds. The molecule has 25 heavy (non-hydrogen) atoms. The molecule has 1 aliphatic rings. The first kappa shape index (κ1) is 19.9. The van der Waals surface area contributed by atoms with Crippen molar-refractivity contribution in [1.82, 2.24) is 14.5 Å². The number of carbonyl (C=O) groups is 1. The van der Waals surface area contributed by atoms with E-state index < -0.39 is 31.8 Å². The van der Waals surface area contributed by atoms with E-state index in [1.54, 1.807) is 0 Å². The molecule has 0 aliphatic carbocycles. The topological polar surface area (TPSA) is 117 Å². The molecule has 142 valence electrons. The Morgan fingerprint density at radius 3 is 2.52 bits per heavy atom. The molecule has 0 aromatic carbocycles. The van der Waals surface area contributed by atoms with E-state index in [0.717, 1.165) is 0 Å². The molecule has 11 heteroatoms. The van der Waals surface area contributed by atoms with Crippen LogP contribution in [-0.4, -0.2) is 84.3 Å². The smallest absolute Gasteiger partial charge is 0.289 e. The summed E-state index contributed by atoms with van der Waals surface area (Å²) in [4.78, 5) is 16.1. The van der Waals surface area contributed by atoms with Gasteiger partial charge in [0.05, 0.1) is 11.5 Å². The van der Waals surface area contributed by atoms with Crippen molar-refractivity contribution in [1.29, 1.82) is 0 Å². The lowest BCUT2D eigenvalue weighted by molar-refractivity contribution is 0.0645. The number of sulfonamides is 1. The second kappa shape index (κ2) is 7.44. The minimum absolute atomic E-state index is 0.0426. The van der Waals surface area contributed by atoms with Gasteiger partial charge in [0, 0.05) is 19.1 Å². The van der Waals surface area contributed by atoms with Crippen LogP contribution in [0.4, 0.5) is 0 Å². The average Bonchev–Trinajstić information content (AvgIpc) is 3.14. The maximum atomic E-state index is 12.8. The molecule has 1 aliphatic heterocycles. The van der Waals surface area contributed by atoms with E-state index in [9.17, 15) is 21.6 Å². The van der Waals surface area contributed by atoms with E-state index in [1.165, 1.54) is 24.1 Å². The standard InChI is InChI=1S/C14H23N3O6S2/c1-15-25(21,22)13-5-4-12(23-13)14(18)17(8-7-16(2)3)11-6-9-24(19,20)10-11/h4-5,11,15H,6-10H2,1-3H3. The van der Waals surface area contributed by atoms with E-state index in [2.05, 4.69) is 4.72 Å². The van der Waals surface area contributed by atoms with E-state index >= 15 is 0 Å². The average molecular weight is 393 g/mol. The number of hydrogen-bond acceptors (Lipinski definition) is 7. The van der Waals surface area contributed by atoms with Gasteiger partial charge in [-0.3, -0.25) is 4.79 Å². The van der Waals surface area contributed by atoms with E-state index in [1.807, 2.05) is 19.0 Å². The molecule has 2 rings (SSSR count). The summed E-state index contributed by atoms with van der Waals surface area (Å²) in [7, 11) is -2.02. The number of nitrogens with one attached hydrogen (secondary N) is 1. The summed E-state index contributed by atoms with van der Waals surface area (Å²) in [6, 6.07) is 2.06. The normalized spacial score (nSPS) is 20.1. The fourth-order valence-corrected chi connectivity index (χ4v) is 4.98. The Morgan fingerprint density at radius 1 is 1.32 bits per heavy atom. The van der Waals surface area contributed by atoms with Crippen molar-refractivity contribution < 1.29 is 26.0 Å². The number of likely N-dealkylation sites (N-methyl/N-ethyl adjacent to an activating group) is 1. The van der Waals surface area contributed by atoms with Gasteiger partial charge in [-0.2, -0.15) is 0 Å². The fourth-order valence-electron chi connectivity index (χ4n) is 2.60. The fraction of sp³-hybridized carbons (Fsp3) is 0.643. The third-order valence-electron chi connectivity index (χ3n) is 4.02. The highest BCUT2D eigenvalue weighted by atomic mass is 32.2. The van der Waals surface area contributed by atoms with Crippen molar-refractivity contribution in [3.63, 3.8) is 0 Å². The van der Waals surface area contributed by atoms with Gasteiger partial charge in [0.15, 0.2) is 15.6 Å². The van der Waals surface area contributed by atoms with Crippen LogP contribution < -0.4 is 4.72 Å². The molecule has 1 aromatic rings. The number of carbonyl (C=O) groups excluding carboxylic acids is 1. The maximum Gasteiger partial charge on any atom is 0.289 e. The lowest BCUT2D eigenvalue weighted by Crippen LogP contribution is -2.44. The summed E-state index contributed by atoms with van der Waals surface area (Å²) in [5.74, 6) is -0.687. The van der Waals surface area contributed by atoms with Crippen molar-refractivity contribution in [2.45, 2.75) is 17.6 Å². The van der Waals surface area contributed by atoms with Crippen molar-refractivity contribution in [3.05, 3.63) is 17.9 Å². The van der Waals surface area contributed by atoms with Gasteiger partial charge in [0.25, 0.3) is 15.9 Å². The zero-order chi connectivity index (χ0) is 18.8. The Labute approximate surface area is 147 Å². The van der Waals surface area contributed by atoms with Crippen LogP contribution in [0.3, 0.4) is 0 Å². The Hall–Kier alpha value is -1.43. The summed E-state index contributed by atoms with van der Waals surface area (Å²) in [6.07, 6.45) is 0.365. The molecule has 0 spiro atoms. The number of hydrogen-bond donors (Lipinski definition) is 1. The van der Waals surface area contributed by atoms with Crippen LogP contribution in [0.15, 0.2) is 21.6 Å². The highest BCUT2D eigenvalue weighted by Gasteiger charge is 2.36. The highest BCUT2D eigenvalue weighted by molar-refractivity contribution is 7.91. The molecule has 1 unspecified atom stereocenters. The molecule has 9 nitrogen and oxygen atoms in total. The number of furan rings is 1. The van der Waals surface area contributed by atoms with Gasteiger partial charge in [-0.25, -0.2) is 21.6 Å². The van der Waals surface area contributed by atoms with Crippen LogP contribution in [0, 0.1) is 0 Å². The second-order valence-corrected chi connectivity index (χ2v) is 10.2. The number of nitrogens with zero attached hydrogens (tertiary/aromatic N) is 2. The van der Waals surface area contributed by atoms with Gasteiger partial charge >= 0.3 is 0 Å².